The molecule has 134 valence electrons. The molecule has 3 nitrogen and oxygen atoms in total. The summed E-state index contributed by atoms with van der Waals surface area (Å²) in [5.41, 5.74) is 2.49. The molecule has 1 aliphatic heterocycles. The number of aryl methyl sites for hydroxylation is 1. The Morgan fingerprint density at radius 2 is 1.96 bits per heavy atom. The third-order valence-corrected chi connectivity index (χ3v) is 5.60. The molecule has 1 unspecified atom stereocenters. The zero-order valence-electron chi connectivity index (χ0n) is 15.8. The average molecular weight is 349 g/mol. The molecule has 0 amide bonds. The van der Waals surface area contributed by atoms with Crippen LogP contribution in [-0.2, 0) is 6.42 Å². The first-order valence-electron chi connectivity index (χ1n) is 9.47. The summed E-state index contributed by atoms with van der Waals surface area (Å²) in [5, 5.41) is 4.35. The number of piperidine rings is 1. The Hall–Kier alpha value is -1.13. The molecule has 0 saturated carbocycles. The Balaban J connectivity index is 1.82. The highest BCUT2D eigenvalue weighted by molar-refractivity contribution is 7.80. The molecule has 2 N–H and O–H groups in total. The van der Waals surface area contributed by atoms with Crippen molar-refractivity contribution in [3.8, 4) is 0 Å². The van der Waals surface area contributed by atoms with E-state index in [0.29, 0.717) is 0 Å². The molecule has 4 heteroatoms. The Labute approximate surface area is 153 Å². The number of rotatable bonds is 6. The van der Waals surface area contributed by atoms with E-state index < -0.39 is 0 Å². The monoisotopic (exact) mass is 348 g/mol. The molecule has 1 heterocycles. The molecule has 0 aromatic heterocycles. The fourth-order valence-electron chi connectivity index (χ4n) is 3.44. The van der Waals surface area contributed by atoms with Crippen LogP contribution in [0.3, 0.4) is 0 Å². The van der Waals surface area contributed by atoms with Gasteiger partial charge in [-0.25, -0.2) is 0 Å². The molecule has 0 bridgehead atoms. The van der Waals surface area contributed by atoms with Gasteiger partial charge in [0, 0.05) is 31.6 Å². The number of nitrogens with one attached hydrogen (secondary N) is 2. The number of para-hydroxylation sites is 1. The minimum atomic E-state index is 0.783. The molecule has 0 spiro atoms. The largest absolute Gasteiger partial charge is 0.349 e. The number of benzene rings is 1. The second kappa shape index (κ2) is 9.38. The summed E-state index contributed by atoms with van der Waals surface area (Å²) < 4.78 is 0. The van der Waals surface area contributed by atoms with Gasteiger partial charge in [0.2, 0.25) is 0 Å². The van der Waals surface area contributed by atoms with Gasteiger partial charge in [-0.05, 0) is 42.6 Å². The van der Waals surface area contributed by atoms with Gasteiger partial charge in [-0.3, -0.25) is 0 Å². The number of anilines is 1. The number of quaternary nitrogens is 1. The third kappa shape index (κ3) is 5.45. The summed E-state index contributed by atoms with van der Waals surface area (Å²) in [6.07, 6.45) is 4.82. The maximum Gasteiger partial charge on any atom is 0.173 e. The van der Waals surface area contributed by atoms with Crippen molar-refractivity contribution in [3.63, 3.8) is 0 Å². The lowest BCUT2D eigenvalue weighted by atomic mass is 10.0. The van der Waals surface area contributed by atoms with Crippen molar-refractivity contribution >= 4 is 23.0 Å². The Kier molecular flexibility index (Phi) is 7.50. The number of likely N-dealkylation sites (tertiary alicyclic amines) is 1. The molecule has 24 heavy (non-hydrogen) atoms. The van der Waals surface area contributed by atoms with Crippen molar-refractivity contribution in [1.29, 1.82) is 0 Å². The van der Waals surface area contributed by atoms with Crippen molar-refractivity contribution < 1.29 is 4.90 Å². The lowest BCUT2D eigenvalue weighted by Gasteiger charge is -2.36. The molecule has 1 saturated heterocycles. The summed E-state index contributed by atoms with van der Waals surface area (Å²) >= 11 is 5.66. The summed E-state index contributed by atoms with van der Waals surface area (Å²) in [4.78, 5) is 4.03. The molecule has 2 rings (SSSR count). The predicted molar refractivity (Wildman–Crippen MR) is 108 cm³/mol. The summed E-state index contributed by atoms with van der Waals surface area (Å²) in [7, 11) is 2.36. The maximum atomic E-state index is 5.66. The van der Waals surface area contributed by atoms with Crippen LogP contribution in [0.1, 0.15) is 45.6 Å². The standard InChI is InChI=1S/C20H33N3S/c1-5-17-8-6-7-9-19(17)21-20(24)23-14-11-18(12-15-23)22(4)13-10-16(2)3/h6-9,16,18H,5,10-15H2,1-4H3,(H,21,24)/p+1. The van der Waals surface area contributed by atoms with Crippen LogP contribution in [0, 0.1) is 5.92 Å². The van der Waals surface area contributed by atoms with E-state index in [1.165, 1.54) is 31.4 Å². The van der Waals surface area contributed by atoms with Gasteiger partial charge in [0.15, 0.2) is 5.11 Å². The van der Waals surface area contributed by atoms with Crippen LogP contribution >= 0.6 is 12.2 Å². The number of thiocarbonyl (C=S) groups is 1. The molecule has 1 aliphatic rings. The fourth-order valence-corrected chi connectivity index (χ4v) is 3.73. The van der Waals surface area contributed by atoms with E-state index >= 15 is 0 Å². The molecule has 1 fully saturated rings. The van der Waals surface area contributed by atoms with E-state index in [-0.39, 0.29) is 0 Å². The molecule has 1 aromatic rings. The smallest absolute Gasteiger partial charge is 0.173 e. The Morgan fingerprint density at radius 3 is 2.58 bits per heavy atom. The van der Waals surface area contributed by atoms with Gasteiger partial charge in [0.1, 0.15) is 0 Å². The van der Waals surface area contributed by atoms with E-state index in [1.54, 1.807) is 4.90 Å². The summed E-state index contributed by atoms with van der Waals surface area (Å²) in [5.74, 6) is 0.801. The first-order valence-corrected chi connectivity index (χ1v) is 9.88. The normalized spacial score (nSPS) is 17.1. The van der Waals surface area contributed by atoms with Crippen LogP contribution in [0.5, 0.6) is 0 Å². The van der Waals surface area contributed by atoms with E-state index in [9.17, 15) is 0 Å². The van der Waals surface area contributed by atoms with Gasteiger partial charge in [0.25, 0.3) is 0 Å². The second-order valence-corrected chi connectivity index (χ2v) is 7.87. The SMILES string of the molecule is CCc1ccccc1NC(=S)N1CCC([NH+](C)CCC(C)C)CC1. The van der Waals surface area contributed by atoms with Crippen LogP contribution < -0.4 is 10.2 Å². The van der Waals surface area contributed by atoms with E-state index in [1.807, 2.05) is 0 Å². The molecular weight excluding hydrogens is 314 g/mol. The second-order valence-electron chi connectivity index (χ2n) is 7.48. The highest BCUT2D eigenvalue weighted by Crippen LogP contribution is 2.17. The van der Waals surface area contributed by atoms with Crippen LogP contribution in [0.25, 0.3) is 0 Å². The van der Waals surface area contributed by atoms with Gasteiger partial charge in [-0.15, -0.1) is 0 Å². The quantitative estimate of drug-likeness (QED) is 0.771. The average Bonchev–Trinajstić information content (AvgIpc) is 2.60. The predicted octanol–water partition coefficient (Wildman–Crippen LogP) is 2.97. The van der Waals surface area contributed by atoms with Gasteiger partial charge in [-0.2, -0.15) is 0 Å². The van der Waals surface area contributed by atoms with Gasteiger partial charge in [-0.1, -0.05) is 39.0 Å². The molecular formula is C20H34N3S+. The zero-order chi connectivity index (χ0) is 17.5. The van der Waals surface area contributed by atoms with Crippen LogP contribution in [0.15, 0.2) is 24.3 Å². The van der Waals surface area contributed by atoms with Crippen LogP contribution in [0.4, 0.5) is 5.69 Å². The maximum absolute atomic E-state index is 5.66. The minimum Gasteiger partial charge on any atom is -0.349 e. The summed E-state index contributed by atoms with van der Waals surface area (Å²) in [6, 6.07) is 9.25. The minimum absolute atomic E-state index is 0.783. The van der Waals surface area contributed by atoms with E-state index in [0.717, 1.165) is 42.3 Å². The highest BCUT2D eigenvalue weighted by Gasteiger charge is 2.26. The van der Waals surface area contributed by atoms with E-state index in [2.05, 4.69) is 62.3 Å². The molecule has 0 aliphatic carbocycles. The fraction of sp³-hybridized carbons (Fsp3) is 0.650. The van der Waals surface area contributed by atoms with Gasteiger partial charge < -0.3 is 15.1 Å². The van der Waals surface area contributed by atoms with E-state index in [4.69, 9.17) is 12.2 Å². The summed E-state index contributed by atoms with van der Waals surface area (Å²) in [6.45, 7) is 10.2. The lowest BCUT2D eigenvalue weighted by Crippen LogP contribution is -3.13. The van der Waals surface area contributed by atoms with Crippen molar-refractivity contribution in [2.75, 3.05) is 32.0 Å². The van der Waals surface area contributed by atoms with Crippen LogP contribution in [0.2, 0.25) is 0 Å². The Bertz CT molecular complexity index is 521. The number of hydrogen-bond donors (Lipinski definition) is 2. The molecule has 0 radical (unpaired) electrons. The van der Waals surface area contributed by atoms with Crippen molar-refractivity contribution in [2.24, 2.45) is 5.92 Å². The van der Waals surface area contributed by atoms with Gasteiger partial charge >= 0.3 is 0 Å². The molecule has 1 atom stereocenters. The van der Waals surface area contributed by atoms with Crippen molar-refractivity contribution in [1.82, 2.24) is 4.90 Å². The van der Waals surface area contributed by atoms with Crippen molar-refractivity contribution in [3.05, 3.63) is 29.8 Å². The van der Waals surface area contributed by atoms with Crippen molar-refractivity contribution in [2.45, 2.75) is 52.5 Å². The zero-order valence-corrected chi connectivity index (χ0v) is 16.6. The Morgan fingerprint density at radius 1 is 1.29 bits per heavy atom. The third-order valence-electron chi connectivity index (χ3n) is 5.23. The number of nitrogens with zero attached hydrogens (tertiary/aromatic N) is 1. The highest BCUT2D eigenvalue weighted by atomic mass is 32.1. The van der Waals surface area contributed by atoms with Crippen LogP contribution in [-0.4, -0.2) is 42.7 Å². The van der Waals surface area contributed by atoms with Gasteiger partial charge in [0.05, 0.1) is 19.6 Å². The first-order chi connectivity index (χ1) is 11.5. The molecule has 1 aromatic carbocycles. The topological polar surface area (TPSA) is 19.7 Å². The lowest BCUT2D eigenvalue weighted by molar-refractivity contribution is -0.907. The number of hydrogen-bond acceptors (Lipinski definition) is 1. The first kappa shape index (κ1) is 19.2.